The number of carboxylic acid groups (broad SMARTS) is 1. The summed E-state index contributed by atoms with van der Waals surface area (Å²) in [6.45, 7) is -0.177. The summed E-state index contributed by atoms with van der Waals surface area (Å²) < 4.78 is 5.53. The molecule has 0 radical (unpaired) electrons. The van der Waals surface area contributed by atoms with Crippen molar-refractivity contribution in [1.29, 1.82) is 0 Å². The minimum absolute atomic E-state index is 0.0483. The molecule has 154 valence electrons. The van der Waals surface area contributed by atoms with E-state index in [1.807, 2.05) is 30.3 Å². The number of carbonyl (C=O) groups is 3. The van der Waals surface area contributed by atoms with Gasteiger partial charge in [0.25, 0.3) is 11.8 Å². The van der Waals surface area contributed by atoms with Crippen LogP contribution in [0.25, 0.3) is 0 Å². The molecule has 2 amide bonds. The first-order valence-electron chi connectivity index (χ1n) is 9.35. The van der Waals surface area contributed by atoms with Crippen molar-refractivity contribution in [3.05, 3.63) is 65.7 Å². The van der Waals surface area contributed by atoms with Crippen LogP contribution in [-0.4, -0.2) is 54.5 Å². The smallest absolute Gasteiger partial charge is 0.303 e. The molecule has 0 saturated heterocycles. The molecule has 29 heavy (non-hydrogen) atoms. The molecule has 2 N–H and O–H groups in total. The van der Waals surface area contributed by atoms with Crippen molar-refractivity contribution in [3.63, 3.8) is 0 Å². The van der Waals surface area contributed by atoms with Gasteiger partial charge in [0.05, 0.1) is 5.56 Å². The summed E-state index contributed by atoms with van der Waals surface area (Å²) in [5.41, 5.74) is 1.30. The van der Waals surface area contributed by atoms with Gasteiger partial charge in [0.1, 0.15) is 5.75 Å². The van der Waals surface area contributed by atoms with Gasteiger partial charge in [-0.05, 0) is 30.5 Å². The van der Waals surface area contributed by atoms with Crippen LogP contribution in [0.5, 0.6) is 5.75 Å². The third-order valence-corrected chi connectivity index (χ3v) is 4.35. The van der Waals surface area contributed by atoms with Crippen LogP contribution in [0.1, 0.15) is 28.8 Å². The molecule has 0 fully saturated rings. The van der Waals surface area contributed by atoms with E-state index in [1.54, 1.807) is 38.4 Å². The fraction of sp³-hybridized carbons (Fsp3) is 0.318. The number of nitrogens with zero attached hydrogens (tertiary/aromatic N) is 1. The average molecular weight is 398 g/mol. The standard InChI is InChI=1S/C22H26N2O5/c1-24(2)20(25)15-29-19-11-7-6-10-18(19)22(28)23-17(12-13-21(26)27)14-16-8-4-3-5-9-16/h3-11,17H,12-15H2,1-2H3,(H,23,28)(H,26,27). The molecule has 2 aromatic carbocycles. The number of carbonyl (C=O) groups excluding carboxylic acids is 2. The summed E-state index contributed by atoms with van der Waals surface area (Å²) in [5.74, 6) is -1.20. The number of carboxylic acids is 1. The minimum Gasteiger partial charge on any atom is -0.483 e. The molecule has 2 aromatic rings. The van der Waals surface area contributed by atoms with Crippen LogP contribution in [0.15, 0.2) is 54.6 Å². The number of rotatable bonds is 10. The van der Waals surface area contributed by atoms with E-state index in [9.17, 15) is 14.4 Å². The molecule has 7 nitrogen and oxygen atoms in total. The van der Waals surface area contributed by atoms with E-state index in [1.165, 1.54) is 4.90 Å². The molecule has 0 aliphatic heterocycles. The average Bonchev–Trinajstić information content (AvgIpc) is 2.71. The number of para-hydroxylation sites is 1. The van der Waals surface area contributed by atoms with Gasteiger partial charge in [-0.15, -0.1) is 0 Å². The predicted molar refractivity (Wildman–Crippen MR) is 109 cm³/mol. The highest BCUT2D eigenvalue weighted by Gasteiger charge is 2.19. The summed E-state index contributed by atoms with van der Waals surface area (Å²) in [5, 5.41) is 11.9. The number of nitrogens with one attached hydrogen (secondary N) is 1. The van der Waals surface area contributed by atoms with Crippen LogP contribution < -0.4 is 10.1 Å². The van der Waals surface area contributed by atoms with Crippen molar-refractivity contribution >= 4 is 17.8 Å². The summed E-state index contributed by atoms with van der Waals surface area (Å²) in [4.78, 5) is 37.0. The zero-order chi connectivity index (χ0) is 21.2. The minimum atomic E-state index is -0.914. The zero-order valence-corrected chi connectivity index (χ0v) is 16.6. The van der Waals surface area contributed by atoms with Crippen molar-refractivity contribution < 1.29 is 24.2 Å². The Kier molecular flexibility index (Phi) is 8.21. The van der Waals surface area contributed by atoms with Gasteiger partial charge in [-0.25, -0.2) is 0 Å². The van der Waals surface area contributed by atoms with E-state index >= 15 is 0 Å². The highest BCUT2D eigenvalue weighted by atomic mass is 16.5. The third-order valence-electron chi connectivity index (χ3n) is 4.35. The van der Waals surface area contributed by atoms with E-state index in [0.717, 1.165) is 5.56 Å². The second-order valence-electron chi connectivity index (χ2n) is 6.87. The van der Waals surface area contributed by atoms with E-state index in [4.69, 9.17) is 9.84 Å². The topological polar surface area (TPSA) is 95.9 Å². The SMILES string of the molecule is CN(C)C(=O)COc1ccccc1C(=O)NC(CCC(=O)O)Cc1ccccc1. The van der Waals surface area contributed by atoms with Crippen molar-refractivity contribution in [3.8, 4) is 5.75 Å². The third kappa shape index (κ3) is 7.29. The molecule has 0 aliphatic rings. The summed E-state index contributed by atoms with van der Waals surface area (Å²) in [7, 11) is 3.25. The molecule has 1 unspecified atom stereocenters. The maximum absolute atomic E-state index is 12.9. The molecule has 0 aliphatic carbocycles. The van der Waals surface area contributed by atoms with Gasteiger partial charge in [-0.1, -0.05) is 42.5 Å². The van der Waals surface area contributed by atoms with Crippen molar-refractivity contribution in [2.24, 2.45) is 0 Å². The first-order chi connectivity index (χ1) is 13.9. The molecular formula is C22H26N2O5. The Morgan fingerprint density at radius 1 is 1.03 bits per heavy atom. The molecular weight excluding hydrogens is 372 g/mol. The van der Waals surface area contributed by atoms with Gasteiger partial charge in [0, 0.05) is 26.6 Å². The molecule has 0 saturated carbocycles. The van der Waals surface area contributed by atoms with Crippen LogP contribution in [0, 0.1) is 0 Å². The Bertz CT molecular complexity index is 836. The molecule has 1 atom stereocenters. The van der Waals surface area contributed by atoms with E-state index < -0.39 is 5.97 Å². The summed E-state index contributed by atoms with van der Waals surface area (Å²) >= 11 is 0. The van der Waals surface area contributed by atoms with Gasteiger partial charge in [-0.3, -0.25) is 14.4 Å². The predicted octanol–water partition coefficient (Wildman–Crippen LogP) is 2.36. The Morgan fingerprint density at radius 2 is 1.69 bits per heavy atom. The number of likely N-dealkylation sites (N-methyl/N-ethyl adjacent to an activating group) is 1. The second kappa shape index (κ2) is 10.8. The molecule has 0 heterocycles. The van der Waals surface area contributed by atoms with Crippen molar-refractivity contribution in [2.45, 2.75) is 25.3 Å². The molecule has 0 aromatic heterocycles. The Balaban J connectivity index is 2.11. The Morgan fingerprint density at radius 3 is 2.34 bits per heavy atom. The number of benzene rings is 2. The highest BCUT2D eigenvalue weighted by Crippen LogP contribution is 2.19. The maximum Gasteiger partial charge on any atom is 0.303 e. The first-order valence-corrected chi connectivity index (χ1v) is 9.35. The largest absolute Gasteiger partial charge is 0.483 e. The normalized spacial score (nSPS) is 11.4. The lowest BCUT2D eigenvalue weighted by molar-refractivity contribution is -0.137. The van der Waals surface area contributed by atoms with E-state index in [0.29, 0.717) is 24.2 Å². The second-order valence-corrected chi connectivity index (χ2v) is 6.87. The molecule has 2 rings (SSSR count). The number of ether oxygens (including phenoxy) is 1. The number of amides is 2. The summed E-state index contributed by atoms with van der Waals surface area (Å²) in [6, 6.07) is 15.9. The van der Waals surface area contributed by atoms with E-state index in [-0.39, 0.29) is 30.9 Å². The maximum atomic E-state index is 12.9. The zero-order valence-electron chi connectivity index (χ0n) is 16.6. The van der Waals surface area contributed by atoms with Gasteiger partial charge in [0.15, 0.2) is 6.61 Å². The fourth-order valence-corrected chi connectivity index (χ4v) is 2.73. The number of aliphatic carboxylic acids is 1. The molecule has 7 heteroatoms. The summed E-state index contributed by atoms with van der Waals surface area (Å²) in [6.07, 6.45) is 0.771. The highest BCUT2D eigenvalue weighted by molar-refractivity contribution is 5.97. The van der Waals surface area contributed by atoms with E-state index in [2.05, 4.69) is 5.32 Å². The van der Waals surface area contributed by atoms with Gasteiger partial charge < -0.3 is 20.1 Å². The van der Waals surface area contributed by atoms with Crippen molar-refractivity contribution in [2.75, 3.05) is 20.7 Å². The Hall–Kier alpha value is -3.35. The van der Waals surface area contributed by atoms with Crippen LogP contribution in [0.2, 0.25) is 0 Å². The van der Waals surface area contributed by atoms with Crippen LogP contribution in [0.4, 0.5) is 0 Å². The number of hydrogen-bond acceptors (Lipinski definition) is 4. The molecule has 0 spiro atoms. The van der Waals surface area contributed by atoms with Crippen LogP contribution >= 0.6 is 0 Å². The molecule has 0 bridgehead atoms. The Labute approximate surface area is 170 Å². The van der Waals surface area contributed by atoms with Gasteiger partial charge in [0.2, 0.25) is 0 Å². The van der Waals surface area contributed by atoms with Gasteiger partial charge >= 0.3 is 5.97 Å². The fourth-order valence-electron chi connectivity index (χ4n) is 2.73. The first kappa shape index (κ1) is 21.9. The monoisotopic (exact) mass is 398 g/mol. The van der Waals surface area contributed by atoms with Crippen molar-refractivity contribution in [1.82, 2.24) is 10.2 Å². The lowest BCUT2D eigenvalue weighted by Gasteiger charge is -2.20. The van der Waals surface area contributed by atoms with Crippen LogP contribution in [0.3, 0.4) is 0 Å². The lowest BCUT2D eigenvalue weighted by atomic mass is 10.0. The quantitative estimate of drug-likeness (QED) is 0.641. The van der Waals surface area contributed by atoms with Gasteiger partial charge in [-0.2, -0.15) is 0 Å². The lowest BCUT2D eigenvalue weighted by Crippen LogP contribution is -2.37. The number of hydrogen-bond donors (Lipinski definition) is 2. The van der Waals surface area contributed by atoms with Crippen LogP contribution in [-0.2, 0) is 16.0 Å².